The lowest BCUT2D eigenvalue weighted by Gasteiger charge is -2.11. The summed E-state index contributed by atoms with van der Waals surface area (Å²) in [5.74, 6) is 0.700. The molecule has 0 aliphatic carbocycles. The van der Waals surface area contributed by atoms with E-state index in [0.29, 0.717) is 22.8 Å². The van der Waals surface area contributed by atoms with Gasteiger partial charge in [0.1, 0.15) is 5.75 Å². The normalized spacial score (nSPS) is 10.0. The van der Waals surface area contributed by atoms with Crippen LogP contribution in [0.4, 0.5) is 21.9 Å². The number of hydrogen-bond acceptors (Lipinski definition) is 3. The van der Waals surface area contributed by atoms with Crippen molar-refractivity contribution < 1.29 is 9.53 Å². The summed E-state index contributed by atoms with van der Waals surface area (Å²) in [7, 11) is 1.57. The topological polar surface area (TPSA) is 76.4 Å². The molecule has 0 fully saturated rings. The number of methoxy groups -OCH3 is 1. The molecule has 0 atom stereocenters. The lowest BCUT2D eigenvalue weighted by atomic mass is 10.3. The smallest absolute Gasteiger partial charge is 0.323 e. The van der Waals surface area contributed by atoms with Crippen LogP contribution in [0, 0.1) is 0 Å². The van der Waals surface area contributed by atoms with Crippen LogP contribution in [0.3, 0.4) is 0 Å². The van der Waals surface area contributed by atoms with Crippen LogP contribution in [0.2, 0.25) is 10.0 Å². The SMILES string of the molecule is COc1ccc(NC(=O)Nc2c(Cl)cc(N)cc2Cl)cc1. The van der Waals surface area contributed by atoms with Gasteiger partial charge in [0.2, 0.25) is 0 Å². The number of rotatable bonds is 3. The first-order valence-electron chi connectivity index (χ1n) is 5.96. The second kappa shape index (κ2) is 6.56. The van der Waals surface area contributed by atoms with Crippen LogP contribution < -0.4 is 21.1 Å². The first-order valence-corrected chi connectivity index (χ1v) is 6.72. The number of urea groups is 1. The van der Waals surface area contributed by atoms with E-state index in [4.69, 9.17) is 33.7 Å². The van der Waals surface area contributed by atoms with Gasteiger partial charge in [0.05, 0.1) is 22.8 Å². The summed E-state index contributed by atoms with van der Waals surface area (Å²) in [5.41, 5.74) is 6.93. The van der Waals surface area contributed by atoms with E-state index >= 15 is 0 Å². The standard InChI is InChI=1S/C14H13Cl2N3O2/c1-21-10-4-2-9(3-5-10)18-14(20)19-13-11(15)6-8(17)7-12(13)16/h2-7H,17H2,1H3,(H2,18,19,20). The minimum Gasteiger partial charge on any atom is -0.497 e. The second-order valence-corrected chi connectivity index (χ2v) is 4.98. The fraction of sp³-hybridized carbons (Fsp3) is 0.0714. The van der Waals surface area contributed by atoms with Gasteiger partial charge in [-0.05, 0) is 36.4 Å². The Morgan fingerprint density at radius 2 is 1.67 bits per heavy atom. The van der Waals surface area contributed by atoms with Crippen LogP contribution in [-0.4, -0.2) is 13.1 Å². The maximum Gasteiger partial charge on any atom is 0.323 e. The van der Waals surface area contributed by atoms with Gasteiger partial charge >= 0.3 is 6.03 Å². The molecule has 2 aromatic carbocycles. The number of nitrogens with two attached hydrogens (primary N) is 1. The Morgan fingerprint density at radius 3 is 2.19 bits per heavy atom. The molecule has 7 heteroatoms. The molecule has 0 aliphatic rings. The Labute approximate surface area is 132 Å². The van der Waals surface area contributed by atoms with Gasteiger partial charge in [0.15, 0.2) is 0 Å². The van der Waals surface area contributed by atoms with Gasteiger partial charge < -0.3 is 21.1 Å². The molecule has 0 aliphatic heterocycles. The van der Waals surface area contributed by atoms with Gasteiger partial charge in [0, 0.05) is 11.4 Å². The lowest BCUT2D eigenvalue weighted by Crippen LogP contribution is -2.19. The number of anilines is 3. The Bertz CT molecular complexity index is 637. The third-order valence-corrected chi connectivity index (χ3v) is 3.25. The summed E-state index contributed by atoms with van der Waals surface area (Å²) < 4.78 is 5.04. The number of nitrogen functional groups attached to an aromatic ring is 1. The first-order chi connectivity index (χ1) is 9.99. The summed E-state index contributed by atoms with van der Waals surface area (Å²) in [6.07, 6.45) is 0. The van der Waals surface area contributed by atoms with E-state index in [1.54, 1.807) is 31.4 Å². The molecule has 0 aromatic heterocycles. The summed E-state index contributed by atoms with van der Waals surface area (Å²) >= 11 is 12.0. The van der Waals surface area contributed by atoms with Crippen LogP contribution >= 0.6 is 23.2 Å². The molecule has 0 unspecified atom stereocenters. The molecule has 0 saturated heterocycles. The summed E-state index contributed by atoms with van der Waals surface area (Å²) in [6.45, 7) is 0. The summed E-state index contributed by atoms with van der Waals surface area (Å²) in [4.78, 5) is 11.9. The minimum absolute atomic E-state index is 0.268. The van der Waals surface area contributed by atoms with Crippen molar-refractivity contribution >= 4 is 46.3 Å². The molecule has 0 bridgehead atoms. The summed E-state index contributed by atoms with van der Waals surface area (Å²) in [5, 5.41) is 5.78. The van der Waals surface area contributed by atoms with Crippen molar-refractivity contribution in [2.24, 2.45) is 0 Å². The van der Waals surface area contributed by atoms with Gasteiger partial charge in [-0.15, -0.1) is 0 Å². The van der Waals surface area contributed by atoms with Crippen molar-refractivity contribution in [2.45, 2.75) is 0 Å². The Morgan fingerprint density at radius 1 is 1.10 bits per heavy atom. The van der Waals surface area contributed by atoms with Crippen molar-refractivity contribution in [3.63, 3.8) is 0 Å². The highest BCUT2D eigenvalue weighted by Crippen LogP contribution is 2.32. The Kier molecular flexibility index (Phi) is 4.77. The number of carbonyl (C=O) groups is 1. The van der Waals surface area contributed by atoms with E-state index in [1.807, 2.05) is 0 Å². The maximum atomic E-state index is 11.9. The van der Waals surface area contributed by atoms with Crippen molar-refractivity contribution in [3.05, 3.63) is 46.4 Å². The maximum absolute atomic E-state index is 11.9. The highest BCUT2D eigenvalue weighted by atomic mass is 35.5. The van der Waals surface area contributed by atoms with E-state index in [2.05, 4.69) is 10.6 Å². The van der Waals surface area contributed by atoms with E-state index in [0.717, 1.165) is 0 Å². The zero-order chi connectivity index (χ0) is 15.4. The third-order valence-electron chi connectivity index (χ3n) is 2.65. The van der Waals surface area contributed by atoms with Gasteiger partial charge in [-0.2, -0.15) is 0 Å². The molecule has 4 N–H and O–H groups in total. The van der Waals surface area contributed by atoms with Crippen LogP contribution in [0.25, 0.3) is 0 Å². The third kappa shape index (κ3) is 3.93. The molecule has 5 nitrogen and oxygen atoms in total. The average molecular weight is 326 g/mol. The Balaban J connectivity index is 2.08. The molecule has 2 aromatic rings. The molecular formula is C14H13Cl2N3O2. The van der Waals surface area contributed by atoms with Gasteiger partial charge in [0.25, 0.3) is 0 Å². The molecule has 110 valence electrons. The summed E-state index contributed by atoms with van der Waals surface area (Å²) in [6, 6.07) is 9.45. The highest BCUT2D eigenvalue weighted by Gasteiger charge is 2.11. The molecule has 0 spiro atoms. The first kappa shape index (κ1) is 15.3. The van der Waals surface area contributed by atoms with Crippen LogP contribution in [0.15, 0.2) is 36.4 Å². The number of ether oxygens (including phenoxy) is 1. The van der Waals surface area contributed by atoms with E-state index < -0.39 is 6.03 Å². The predicted octanol–water partition coefficient (Wildman–Crippen LogP) is 4.23. The predicted molar refractivity (Wildman–Crippen MR) is 86.5 cm³/mol. The fourth-order valence-electron chi connectivity index (χ4n) is 1.66. The number of hydrogen-bond donors (Lipinski definition) is 3. The van der Waals surface area contributed by atoms with Crippen molar-refractivity contribution in [1.29, 1.82) is 0 Å². The molecule has 21 heavy (non-hydrogen) atoms. The van der Waals surface area contributed by atoms with Crippen LogP contribution in [0.5, 0.6) is 5.75 Å². The van der Waals surface area contributed by atoms with E-state index in [9.17, 15) is 4.79 Å². The Hall–Kier alpha value is -2.11. The largest absolute Gasteiger partial charge is 0.497 e. The van der Waals surface area contributed by atoms with Crippen molar-refractivity contribution in [2.75, 3.05) is 23.5 Å². The number of carbonyl (C=O) groups excluding carboxylic acids is 1. The molecule has 0 heterocycles. The van der Waals surface area contributed by atoms with Gasteiger partial charge in [-0.25, -0.2) is 4.79 Å². The minimum atomic E-state index is -0.464. The van der Waals surface area contributed by atoms with E-state index in [1.165, 1.54) is 12.1 Å². The van der Waals surface area contributed by atoms with Crippen molar-refractivity contribution in [1.82, 2.24) is 0 Å². The number of halogens is 2. The quantitative estimate of drug-likeness (QED) is 0.739. The highest BCUT2D eigenvalue weighted by molar-refractivity contribution is 6.40. The molecule has 2 rings (SSSR count). The second-order valence-electron chi connectivity index (χ2n) is 4.17. The average Bonchev–Trinajstić information content (AvgIpc) is 2.43. The molecule has 0 saturated carbocycles. The fourth-order valence-corrected chi connectivity index (χ4v) is 2.26. The zero-order valence-corrected chi connectivity index (χ0v) is 12.6. The molecule has 0 radical (unpaired) electrons. The van der Waals surface area contributed by atoms with Crippen LogP contribution in [-0.2, 0) is 0 Å². The van der Waals surface area contributed by atoms with Gasteiger partial charge in [-0.3, -0.25) is 0 Å². The lowest BCUT2D eigenvalue weighted by molar-refractivity contribution is 0.262. The molecular weight excluding hydrogens is 313 g/mol. The van der Waals surface area contributed by atoms with Gasteiger partial charge in [-0.1, -0.05) is 23.2 Å². The van der Waals surface area contributed by atoms with Crippen molar-refractivity contribution in [3.8, 4) is 5.75 Å². The molecule has 2 amide bonds. The number of amides is 2. The number of nitrogens with one attached hydrogen (secondary N) is 2. The van der Waals surface area contributed by atoms with E-state index in [-0.39, 0.29) is 10.0 Å². The van der Waals surface area contributed by atoms with Crippen LogP contribution in [0.1, 0.15) is 0 Å². The number of benzene rings is 2. The monoisotopic (exact) mass is 325 g/mol. The zero-order valence-electron chi connectivity index (χ0n) is 11.1.